The zero-order valence-corrected chi connectivity index (χ0v) is 12.1. The van der Waals surface area contributed by atoms with Crippen molar-refractivity contribution in [2.75, 3.05) is 27.3 Å². The Labute approximate surface area is 123 Å². The molecule has 0 spiro atoms. The first-order valence-corrected chi connectivity index (χ1v) is 6.45. The Morgan fingerprint density at radius 3 is 2.48 bits per heavy atom. The number of carboxylic acid groups (broad SMARTS) is 1. The number of methoxy groups -OCH3 is 1. The van der Waals surface area contributed by atoms with Gasteiger partial charge in [-0.3, -0.25) is 0 Å². The maximum atomic E-state index is 11.9. The number of aliphatic carboxylic acids is 1. The average Bonchev–Trinajstić information content (AvgIpc) is 2.45. The minimum absolute atomic E-state index is 0.106. The van der Waals surface area contributed by atoms with Crippen molar-refractivity contribution in [3.63, 3.8) is 0 Å². The van der Waals surface area contributed by atoms with Crippen LogP contribution in [-0.2, 0) is 16.0 Å². The van der Waals surface area contributed by atoms with Crippen molar-refractivity contribution in [2.24, 2.45) is 0 Å². The van der Waals surface area contributed by atoms with Gasteiger partial charge in [-0.1, -0.05) is 12.1 Å². The highest BCUT2D eigenvalue weighted by Crippen LogP contribution is 2.11. The number of carbonyl (C=O) groups excluding carboxylic acids is 1. The number of nitrogens with one attached hydrogen (secondary N) is 1. The normalized spacial score (nSPS) is 11.7. The number of benzene rings is 1. The lowest BCUT2D eigenvalue weighted by Gasteiger charge is -2.21. The number of carbonyl (C=O) groups is 2. The van der Waals surface area contributed by atoms with E-state index in [1.807, 2.05) is 0 Å². The first-order chi connectivity index (χ1) is 9.93. The number of hydrogen-bond donors (Lipinski definition) is 3. The van der Waals surface area contributed by atoms with Crippen LogP contribution in [0.25, 0.3) is 0 Å². The van der Waals surface area contributed by atoms with E-state index >= 15 is 0 Å². The van der Waals surface area contributed by atoms with Gasteiger partial charge in [0.25, 0.3) is 0 Å². The predicted octanol–water partition coefficient (Wildman–Crippen LogP) is 0.676. The van der Waals surface area contributed by atoms with Crippen molar-refractivity contribution in [1.82, 2.24) is 10.2 Å². The fraction of sp³-hybridized carbons (Fsp3) is 0.429. The molecule has 1 atom stereocenters. The van der Waals surface area contributed by atoms with E-state index < -0.39 is 18.0 Å². The molecule has 7 heteroatoms. The summed E-state index contributed by atoms with van der Waals surface area (Å²) in [6.45, 7) is 0.744. The molecular weight excluding hydrogens is 276 g/mol. The van der Waals surface area contributed by atoms with E-state index in [1.165, 1.54) is 24.1 Å². The van der Waals surface area contributed by atoms with Gasteiger partial charge in [-0.25, -0.2) is 9.59 Å². The largest absolute Gasteiger partial charge is 0.508 e. The van der Waals surface area contributed by atoms with Crippen molar-refractivity contribution in [3.8, 4) is 5.75 Å². The van der Waals surface area contributed by atoms with Crippen LogP contribution in [0.2, 0.25) is 0 Å². The van der Waals surface area contributed by atoms with Crippen LogP contribution in [0, 0.1) is 0 Å². The third kappa shape index (κ3) is 5.70. The Hall–Kier alpha value is -2.28. The molecule has 0 heterocycles. The van der Waals surface area contributed by atoms with Crippen LogP contribution < -0.4 is 5.32 Å². The first-order valence-electron chi connectivity index (χ1n) is 6.45. The number of ether oxygens (including phenoxy) is 1. The van der Waals surface area contributed by atoms with E-state index in [0.717, 1.165) is 0 Å². The van der Waals surface area contributed by atoms with Crippen molar-refractivity contribution >= 4 is 12.0 Å². The number of urea groups is 1. The van der Waals surface area contributed by atoms with Gasteiger partial charge in [0.1, 0.15) is 11.8 Å². The zero-order chi connectivity index (χ0) is 15.8. The van der Waals surface area contributed by atoms with Crippen LogP contribution in [0.4, 0.5) is 4.79 Å². The number of phenolic OH excluding ortho intramolecular Hbond substituents is 1. The van der Waals surface area contributed by atoms with Crippen molar-refractivity contribution in [2.45, 2.75) is 12.5 Å². The number of amides is 2. The molecule has 0 aliphatic carbocycles. The monoisotopic (exact) mass is 296 g/mol. The van der Waals surface area contributed by atoms with Gasteiger partial charge in [0, 0.05) is 27.1 Å². The summed E-state index contributed by atoms with van der Waals surface area (Å²) in [4.78, 5) is 24.5. The van der Waals surface area contributed by atoms with Crippen molar-refractivity contribution < 1.29 is 24.5 Å². The van der Waals surface area contributed by atoms with Crippen LogP contribution in [0.3, 0.4) is 0 Å². The molecule has 0 unspecified atom stereocenters. The second-order valence-corrected chi connectivity index (χ2v) is 4.63. The van der Waals surface area contributed by atoms with E-state index in [1.54, 1.807) is 19.2 Å². The molecule has 0 saturated carbocycles. The molecule has 0 aliphatic heterocycles. The van der Waals surface area contributed by atoms with Gasteiger partial charge in [-0.05, 0) is 17.7 Å². The van der Waals surface area contributed by atoms with Gasteiger partial charge in [-0.2, -0.15) is 0 Å². The summed E-state index contributed by atoms with van der Waals surface area (Å²) in [5.74, 6) is -1.01. The van der Waals surface area contributed by atoms with Crippen molar-refractivity contribution in [3.05, 3.63) is 29.8 Å². The minimum atomic E-state index is -1.11. The molecule has 21 heavy (non-hydrogen) atoms. The molecule has 0 bridgehead atoms. The first kappa shape index (κ1) is 16.8. The molecule has 116 valence electrons. The number of aromatic hydroxyl groups is 1. The number of hydrogen-bond acceptors (Lipinski definition) is 4. The summed E-state index contributed by atoms with van der Waals surface area (Å²) >= 11 is 0. The lowest BCUT2D eigenvalue weighted by atomic mass is 10.1. The molecule has 1 aromatic rings. The van der Waals surface area contributed by atoms with Crippen molar-refractivity contribution in [1.29, 1.82) is 0 Å². The molecule has 0 radical (unpaired) electrons. The van der Waals surface area contributed by atoms with E-state index in [-0.39, 0.29) is 12.2 Å². The summed E-state index contributed by atoms with van der Waals surface area (Å²) < 4.78 is 4.86. The lowest BCUT2D eigenvalue weighted by Crippen LogP contribution is -2.48. The second-order valence-electron chi connectivity index (χ2n) is 4.63. The Bertz CT molecular complexity index is 475. The summed E-state index contributed by atoms with van der Waals surface area (Å²) in [6, 6.07) is 4.67. The SMILES string of the molecule is COCCN(C)C(=O)N[C@@H](Cc1ccc(O)cc1)C(=O)O. The van der Waals surface area contributed by atoms with Gasteiger partial charge < -0.3 is 25.2 Å². The molecule has 1 rings (SSSR count). The molecule has 1 aromatic carbocycles. The minimum Gasteiger partial charge on any atom is -0.508 e. The Kier molecular flexibility index (Phi) is 6.48. The number of phenols is 1. The maximum Gasteiger partial charge on any atom is 0.326 e. The topological polar surface area (TPSA) is 99.1 Å². The summed E-state index contributed by atoms with van der Waals surface area (Å²) in [7, 11) is 3.09. The molecule has 0 aromatic heterocycles. The Balaban J connectivity index is 2.63. The third-order valence-corrected chi connectivity index (χ3v) is 2.95. The van der Waals surface area contributed by atoms with E-state index in [0.29, 0.717) is 18.7 Å². The van der Waals surface area contributed by atoms with Gasteiger partial charge in [0.05, 0.1) is 6.61 Å². The fourth-order valence-electron chi connectivity index (χ4n) is 1.66. The fourth-order valence-corrected chi connectivity index (χ4v) is 1.66. The summed E-state index contributed by atoms with van der Waals surface area (Å²) in [6.07, 6.45) is 0.138. The van der Waals surface area contributed by atoms with Crippen LogP contribution >= 0.6 is 0 Å². The van der Waals surface area contributed by atoms with Crippen LogP contribution in [0.15, 0.2) is 24.3 Å². The smallest absolute Gasteiger partial charge is 0.326 e. The maximum absolute atomic E-state index is 11.9. The van der Waals surface area contributed by atoms with E-state index in [2.05, 4.69) is 5.32 Å². The highest BCUT2D eigenvalue weighted by atomic mass is 16.5. The number of rotatable bonds is 7. The highest BCUT2D eigenvalue weighted by molar-refractivity contribution is 5.82. The predicted molar refractivity (Wildman–Crippen MR) is 76.3 cm³/mol. The number of likely N-dealkylation sites (N-methyl/N-ethyl adjacent to an activating group) is 1. The number of nitrogens with zero attached hydrogens (tertiary/aromatic N) is 1. The Morgan fingerprint density at radius 2 is 1.95 bits per heavy atom. The summed E-state index contributed by atoms with van der Waals surface area (Å²) in [5, 5.41) is 20.8. The second kappa shape index (κ2) is 8.11. The van der Waals surface area contributed by atoms with Crippen LogP contribution in [0.5, 0.6) is 5.75 Å². The lowest BCUT2D eigenvalue weighted by molar-refractivity contribution is -0.139. The zero-order valence-electron chi connectivity index (χ0n) is 12.1. The quantitative estimate of drug-likeness (QED) is 0.687. The van der Waals surface area contributed by atoms with Crippen LogP contribution in [-0.4, -0.2) is 60.5 Å². The standard InChI is InChI=1S/C14H20N2O5/c1-16(7-8-21-2)14(20)15-12(13(18)19)9-10-3-5-11(17)6-4-10/h3-6,12,17H,7-9H2,1-2H3,(H,15,20)(H,18,19)/t12-/m0/s1. The van der Waals surface area contributed by atoms with Gasteiger partial charge in [-0.15, -0.1) is 0 Å². The number of carboxylic acids is 1. The third-order valence-electron chi connectivity index (χ3n) is 2.95. The Morgan fingerprint density at radius 1 is 1.33 bits per heavy atom. The molecule has 2 amide bonds. The summed E-state index contributed by atoms with van der Waals surface area (Å²) in [5.41, 5.74) is 0.708. The van der Waals surface area contributed by atoms with Gasteiger partial charge in [0.15, 0.2) is 0 Å². The van der Waals surface area contributed by atoms with Gasteiger partial charge >= 0.3 is 12.0 Å². The molecule has 0 aliphatic rings. The molecule has 3 N–H and O–H groups in total. The molecule has 7 nitrogen and oxygen atoms in total. The van der Waals surface area contributed by atoms with E-state index in [4.69, 9.17) is 4.74 Å². The molecule has 0 fully saturated rings. The molecular formula is C14H20N2O5. The van der Waals surface area contributed by atoms with E-state index in [9.17, 15) is 19.8 Å². The van der Waals surface area contributed by atoms with Gasteiger partial charge in [0.2, 0.25) is 0 Å². The molecule has 0 saturated heterocycles. The highest BCUT2D eigenvalue weighted by Gasteiger charge is 2.22. The average molecular weight is 296 g/mol. The van der Waals surface area contributed by atoms with Crippen LogP contribution in [0.1, 0.15) is 5.56 Å².